The molecule has 0 saturated heterocycles. The zero-order valence-electron chi connectivity index (χ0n) is 22.4. The predicted octanol–water partition coefficient (Wildman–Crippen LogP) is 4.61. The fraction of sp³-hybridized carbons (Fsp3) is 0.615. The van der Waals surface area contributed by atoms with Gasteiger partial charge in [-0.3, -0.25) is 9.59 Å². The van der Waals surface area contributed by atoms with Gasteiger partial charge in [0.15, 0.2) is 0 Å². The first-order chi connectivity index (χ1) is 16.3. The van der Waals surface area contributed by atoms with Gasteiger partial charge < -0.3 is 26.0 Å². The van der Waals surface area contributed by atoms with Crippen LogP contribution in [0.1, 0.15) is 54.4 Å². The van der Waals surface area contributed by atoms with Gasteiger partial charge in [-0.05, 0) is 52.8 Å². The van der Waals surface area contributed by atoms with E-state index in [1.807, 2.05) is 45.6 Å². The first-order valence-electron chi connectivity index (χ1n) is 12.1. The highest BCUT2D eigenvalue weighted by atomic mass is 32.2. The Morgan fingerprint density at radius 1 is 1.11 bits per heavy atom. The third-order valence-electron chi connectivity index (χ3n) is 4.77. The van der Waals surface area contributed by atoms with Crippen molar-refractivity contribution in [3.8, 4) is 0 Å². The summed E-state index contributed by atoms with van der Waals surface area (Å²) in [7, 11) is 1.94. The lowest BCUT2D eigenvalue weighted by Gasteiger charge is -2.30. The molecule has 0 aliphatic rings. The Morgan fingerprint density at radius 2 is 1.80 bits per heavy atom. The maximum absolute atomic E-state index is 12.3. The highest BCUT2D eigenvalue weighted by molar-refractivity contribution is 8.05. The molecule has 0 spiro atoms. The summed E-state index contributed by atoms with van der Waals surface area (Å²) in [5.41, 5.74) is 0.592. The van der Waals surface area contributed by atoms with Crippen molar-refractivity contribution in [2.75, 3.05) is 37.8 Å². The molecule has 1 unspecified atom stereocenters. The Hall–Kier alpha value is -1.68. The summed E-state index contributed by atoms with van der Waals surface area (Å²) in [6, 6.07) is 8.73. The number of anilines is 1. The average Bonchev–Trinajstić information content (AvgIpc) is 2.74. The fourth-order valence-electron chi connectivity index (χ4n) is 3.07. The van der Waals surface area contributed by atoms with Gasteiger partial charge in [0.2, 0.25) is 5.91 Å². The maximum atomic E-state index is 12.3. The van der Waals surface area contributed by atoms with E-state index in [9.17, 15) is 9.59 Å². The lowest BCUT2D eigenvalue weighted by molar-refractivity contribution is -0.153. The number of benzene rings is 1. The molecule has 0 aliphatic carbocycles. The molecule has 1 aromatic carbocycles. The zero-order chi connectivity index (χ0) is 26.5. The second-order valence-electron chi connectivity index (χ2n) is 9.93. The first-order valence-corrected chi connectivity index (χ1v) is 13.9. The van der Waals surface area contributed by atoms with E-state index < -0.39 is 5.60 Å². The summed E-state index contributed by atoms with van der Waals surface area (Å²) in [4.78, 5) is 25.2. The summed E-state index contributed by atoms with van der Waals surface area (Å²) in [5.74, 6) is 0.336. The van der Waals surface area contributed by atoms with E-state index in [0.717, 1.165) is 24.4 Å². The van der Waals surface area contributed by atoms with E-state index in [2.05, 4.69) is 66.8 Å². The van der Waals surface area contributed by atoms with E-state index >= 15 is 0 Å². The third-order valence-corrected chi connectivity index (χ3v) is 7.60. The average molecular weight is 525 g/mol. The maximum Gasteiger partial charge on any atom is 0.320 e. The van der Waals surface area contributed by atoms with Crippen LogP contribution in [0.2, 0.25) is 0 Å². The van der Waals surface area contributed by atoms with Crippen molar-refractivity contribution in [3.05, 3.63) is 35.9 Å². The summed E-state index contributed by atoms with van der Waals surface area (Å²) in [5, 5.41) is 13.2. The summed E-state index contributed by atoms with van der Waals surface area (Å²) < 4.78 is 5.17. The van der Waals surface area contributed by atoms with Crippen molar-refractivity contribution in [1.82, 2.24) is 16.0 Å². The standard InChI is InChI=1S/C26H44N4O3S2/c1-19(2)29-16-14-26(7,35-22-12-10-9-11-21(22)27-8)18-34-20(3)30-23(31)13-15-28-17-24(32)33-25(4,5)6/h9-12,19,27-29H,3,13-18H2,1-2,4-8H3,(H,30,31). The highest BCUT2D eigenvalue weighted by Gasteiger charge is 2.27. The second kappa shape index (κ2) is 15.4. The third kappa shape index (κ3) is 14.5. The molecule has 9 heteroatoms. The van der Waals surface area contributed by atoms with Crippen molar-refractivity contribution in [3.63, 3.8) is 0 Å². The number of ether oxygens (including phenoxy) is 1. The summed E-state index contributed by atoms with van der Waals surface area (Å²) in [6.07, 6.45) is 1.22. The molecular weight excluding hydrogens is 480 g/mol. The highest BCUT2D eigenvalue weighted by Crippen LogP contribution is 2.41. The van der Waals surface area contributed by atoms with Gasteiger partial charge in [-0.25, -0.2) is 0 Å². The minimum atomic E-state index is -0.516. The topological polar surface area (TPSA) is 91.5 Å². The van der Waals surface area contributed by atoms with Gasteiger partial charge in [-0.15, -0.1) is 23.5 Å². The van der Waals surface area contributed by atoms with Gasteiger partial charge >= 0.3 is 5.97 Å². The number of rotatable bonds is 16. The number of hydrogen-bond donors (Lipinski definition) is 4. The number of thioether (sulfide) groups is 2. The lowest BCUT2D eigenvalue weighted by Crippen LogP contribution is -2.34. The predicted molar refractivity (Wildman–Crippen MR) is 151 cm³/mol. The van der Waals surface area contributed by atoms with Crippen molar-refractivity contribution in [2.45, 2.75) is 75.7 Å². The van der Waals surface area contributed by atoms with Gasteiger partial charge in [-0.1, -0.05) is 32.6 Å². The molecule has 4 N–H and O–H groups in total. The van der Waals surface area contributed by atoms with Crippen LogP contribution in [0.4, 0.5) is 5.69 Å². The number of para-hydroxylation sites is 1. The smallest absolute Gasteiger partial charge is 0.320 e. The molecule has 0 aliphatic heterocycles. The van der Waals surface area contributed by atoms with E-state index in [4.69, 9.17) is 4.74 Å². The van der Waals surface area contributed by atoms with Gasteiger partial charge in [0.1, 0.15) is 5.60 Å². The quantitative estimate of drug-likeness (QED) is 0.142. The normalized spacial score (nSPS) is 13.3. The van der Waals surface area contributed by atoms with Crippen LogP contribution in [-0.2, 0) is 14.3 Å². The number of esters is 1. The molecule has 35 heavy (non-hydrogen) atoms. The van der Waals surface area contributed by atoms with Gasteiger partial charge in [0, 0.05) is 47.1 Å². The molecule has 1 amide bonds. The molecule has 0 aromatic heterocycles. The van der Waals surface area contributed by atoms with Crippen molar-refractivity contribution in [2.24, 2.45) is 0 Å². The Bertz CT molecular complexity index is 827. The van der Waals surface area contributed by atoms with E-state index in [-0.39, 0.29) is 29.6 Å². The van der Waals surface area contributed by atoms with Crippen LogP contribution in [0.3, 0.4) is 0 Å². The van der Waals surface area contributed by atoms with Crippen LogP contribution < -0.4 is 21.3 Å². The molecule has 1 rings (SSSR count). The largest absolute Gasteiger partial charge is 0.459 e. The van der Waals surface area contributed by atoms with Crippen molar-refractivity contribution < 1.29 is 14.3 Å². The number of hydrogen-bond acceptors (Lipinski definition) is 8. The molecule has 1 aromatic rings. The molecule has 0 radical (unpaired) electrons. The van der Waals surface area contributed by atoms with E-state index in [0.29, 0.717) is 17.6 Å². The molecule has 0 bridgehead atoms. The van der Waals surface area contributed by atoms with Crippen LogP contribution in [0.15, 0.2) is 40.8 Å². The molecular formula is C26H44N4O3S2. The first kappa shape index (κ1) is 31.4. The molecule has 7 nitrogen and oxygen atoms in total. The molecule has 0 saturated carbocycles. The van der Waals surface area contributed by atoms with Crippen LogP contribution >= 0.6 is 23.5 Å². The van der Waals surface area contributed by atoms with Gasteiger partial charge in [0.25, 0.3) is 0 Å². The molecule has 198 valence electrons. The van der Waals surface area contributed by atoms with Crippen LogP contribution in [0.5, 0.6) is 0 Å². The minimum absolute atomic E-state index is 0.0673. The lowest BCUT2D eigenvalue weighted by atomic mass is 10.1. The molecule has 1 atom stereocenters. The Labute approximate surface area is 220 Å². The minimum Gasteiger partial charge on any atom is -0.459 e. The van der Waals surface area contributed by atoms with E-state index in [1.54, 1.807) is 11.8 Å². The zero-order valence-corrected chi connectivity index (χ0v) is 24.0. The SMILES string of the molecule is C=C(NC(=O)CCNCC(=O)OC(C)(C)C)SCC(C)(CCNC(C)C)Sc1ccccc1NC. The number of carbonyl (C=O) groups is 2. The van der Waals surface area contributed by atoms with Crippen molar-refractivity contribution >= 4 is 41.1 Å². The summed E-state index contributed by atoms with van der Waals surface area (Å²) >= 11 is 3.41. The monoisotopic (exact) mass is 524 g/mol. The summed E-state index contributed by atoms with van der Waals surface area (Å²) in [6.45, 7) is 17.4. The molecule has 0 fully saturated rings. The van der Waals surface area contributed by atoms with Crippen LogP contribution in [0.25, 0.3) is 0 Å². The van der Waals surface area contributed by atoms with Crippen LogP contribution in [0, 0.1) is 0 Å². The van der Waals surface area contributed by atoms with Crippen molar-refractivity contribution in [1.29, 1.82) is 0 Å². The molecule has 0 heterocycles. The Morgan fingerprint density at radius 3 is 2.43 bits per heavy atom. The second-order valence-corrected chi connectivity index (χ2v) is 12.6. The van der Waals surface area contributed by atoms with Crippen LogP contribution in [-0.4, -0.2) is 60.7 Å². The Kier molecular flexibility index (Phi) is 13.8. The van der Waals surface area contributed by atoms with Gasteiger partial charge in [0.05, 0.1) is 11.6 Å². The Balaban J connectivity index is 2.55. The van der Waals surface area contributed by atoms with E-state index in [1.165, 1.54) is 4.90 Å². The number of amides is 1. The number of nitrogens with one attached hydrogen (secondary N) is 4. The fourth-order valence-corrected chi connectivity index (χ4v) is 5.45. The number of carbonyl (C=O) groups excluding carboxylic acids is 2. The van der Waals surface area contributed by atoms with Gasteiger partial charge in [-0.2, -0.15) is 0 Å².